The van der Waals surface area contributed by atoms with E-state index < -0.39 is 11.7 Å². The van der Waals surface area contributed by atoms with Crippen LogP contribution in [0.25, 0.3) is 0 Å². The van der Waals surface area contributed by atoms with Gasteiger partial charge in [-0.25, -0.2) is 4.79 Å². The van der Waals surface area contributed by atoms with Crippen LogP contribution in [0.5, 0.6) is 0 Å². The Hall–Kier alpha value is -1.95. The van der Waals surface area contributed by atoms with Crippen LogP contribution in [0, 0.1) is 12.3 Å². The maximum atomic E-state index is 11.4. The molecule has 0 spiro atoms. The summed E-state index contributed by atoms with van der Waals surface area (Å²) >= 11 is 0. The number of benzene rings is 1. The molecule has 1 aromatic carbocycles. The fourth-order valence-corrected chi connectivity index (χ4v) is 1.26. The molecule has 0 heterocycles. The number of hydrogen-bond donors (Lipinski definition) is 1. The van der Waals surface area contributed by atoms with Gasteiger partial charge >= 0.3 is 6.09 Å². The van der Waals surface area contributed by atoms with E-state index in [1.807, 2.05) is 45.0 Å². The van der Waals surface area contributed by atoms with Gasteiger partial charge in [0, 0.05) is 12.1 Å². The first-order valence-electron chi connectivity index (χ1n) is 5.43. The summed E-state index contributed by atoms with van der Waals surface area (Å²) in [5.41, 5.74) is 1.27. The van der Waals surface area contributed by atoms with Gasteiger partial charge < -0.3 is 10.1 Å². The van der Waals surface area contributed by atoms with Crippen LogP contribution < -0.4 is 5.32 Å². The SMILES string of the molecule is C#Cc1cccc(CNC(=O)OC(C)(C)C)c1. The first-order chi connectivity index (χ1) is 7.90. The fourth-order valence-electron chi connectivity index (χ4n) is 1.26. The highest BCUT2D eigenvalue weighted by Gasteiger charge is 2.15. The standard InChI is InChI=1S/C14H17NO2/c1-5-11-7-6-8-12(9-11)10-15-13(16)17-14(2,3)4/h1,6-9H,10H2,2-4H3,(H,15,16). The topological polar surface area (TPSA) is 38.3 Å². The van der Waals surface area contributed by atoms with E-state index in [0.717, 1.165) is 11.1 Å². The van der Waals surface area contributed by atoms with Gasteiger partial charge in [-0.3, -0.25) is 0 Å². The summed E-state index contributed by atoms with van der Waals surface area (Å²) in [4.78, 5) is 11.4. The highest BCUT2D eigenvalue weighted by atomic mass is 16.6. The second-order valence-electron chi connectivity index (χ2n) is 4.70. The summed E-state index contributed by atoms with van der Waals surface area (Å²) in [6.45, 7) is 5.88. The van der Waals surface area contributed by atoms with E-state index in [-0.39, 0.29) is 0 Å². The number of carbonyl (C=O) groups is 1. The second kappa shape index (κ2) is 5.40. The number of amides is 1. The Morgan fingerprint density at radius 2 is 2.18 bits per heavy atom. The predicted molar refractivity (Wildman–Crippen MR) is 67.5 cm³/mol. The number of hydrogen-bond acceptors (Lipinski definition) is 2. The molecule has 1 N–H and O–H groups in total. The molecule has 0 unspecified atom stereocenters. The smallest absolute Gasteiger partial charge is 0.407 e. The van der Waals surface area contributed by atoms with Gasteiger partial charge in [0.1, 0.15) is 5.60 Å². The average Bonchev–Trinajstić information content (AvgIpc) is 2.24. The van der Waals surface area contributed by atoms with Crippen molar-refractivity contribution in [2.45, 2.75) is 32.9 Å². The number of nitrogens with one attached hydrogen (secondary N) is 1. The van der Waals surface area contributed by atoms with Gasteiger partial charge in [-0.1, -0.05) is 18.1 Å². The number of carbonyl (C=O) groups excluding carboxylic acids is 1. The van der Waals surface area contributed by atoms with E-state index in [0.29, 0.717) is 6.54 Å². The summed E-state index contributed by atoms with van der Waals surface area (Å²) in [5.74, 6) is 2.55. The second-order valence-corrected chi connectivity index (χ2v) is 4.70. The molecule has 0 saturated heterocycles. The molecule has 1 rings (SSSR count). The molecule has 0 aliphatic heterocycles. The van der Waals surface area contributed by atoms with Gasteiger partial charge in [0.2, 0.25) is 0 Å². The molecule has 0 fully saturated rings. The minimum absolute atomic E-state index is 0.407. The molecule has 17 heavy (non-hydrogen) atoms. The largest absolute Gasteiger partial charge is 0.444 e. The van der Waals surface area contributed by atoms with Crippen LogP contribution in [0.3, 0.4) is 0 Å². The van der Waals surface area contributed by atoms with Crippen LogP contribution >= 0.6 is 0 Å². The lowest BCUT2D eigenvalue weighted by molar-refractivity contribution is 0.0523. The highest BCUT2D eigenvalue weighted by Crippen LogP contribution is 2.07. The van der Waals surface area contributed by atoms with Crippen LogP contribution in [0.15, 0.2) is 24.3 Å². The molecule has 3 nitrogen and oxygen atoms in total. The van der Waals surface area contributed by atoms with Crippen LogP contribution in [0.4, 0.5) is 4.79 Å². The third-order valence-corrected chi connectivity index (χ3v) is 1.93. The van der Waals surface area contributed by atoms with Gasteiger partial charge in [0.15, 0.2) is 0 Å². The molecule has 90 valence electrons. The summed E-state index contributed by atoms with van der Waals surface area (Å²) in [5, 5.41) is 2.68. The van der Waals surface area contributed by atoms with Crippen molar-refractivity contribution in [2.24, 2.45) is 0 Å². The van der Waals surface area contributed by atoms with E-state index in [1.165, 1.54) is 0 Å². The lowest BCUT2D eigenvalue weighted by Crippen LogP contribution is -2.32. The van der Waals surface area contributed by atoms with Gasteiger partial charge in [-0.15, -0.1) is 6.42 Å². The Kier molecular flexibility index (Phi) is 4.17. The van der Waals surface area contributed by atoms with E-state index in [2.05, 4.69) is 11.2 Å². The summed E-state index contributed by atoms with van der Waals surface area (Å²) in [6.07, 6.45) is 4.87. The number of rotatable bonds is 2. The quantitative estimate of drug-likeness (QED) is 0.795. The van der Waals surface area contributed by atoms with E-state index >= 15 is 0 Å². The zero-order valence-corrected chi connectivity index (χ0v) is 10.4. The number of terminal acetylenes is 1. The average molecular weight is 231 g/mol. The van der Waals surface area contributed by atoms with Crippen LogP contribution in [-0.2, 0) is 11.3 Å². The normalized spacial score (nSPS) is 10.5. The van der Waals surface area contributed by atoms with Crippen LogP contribution in [0.1, 0.15) is 31.9 Å². The Labute approximate surface area is 102 Å². The molecule has 1 aromatic rings. The minimum atomic E-state index is -0.481. The molecule has 0 aliphatic rings. The van der Waals surface area contributed by atoms with Crippen molar-refractivity contribution < 1.29 is 9.53 Å². The maximum absolute atomic E-state index is 11.4. The maximum Gasteiger partial charge on any atom is 0.407 e. The molecule has 0 aromatic heterocycles. The van der Waals surface area contributed by atoms with Crippen molar-refractivity contribution in [3.8, 4) is 12.3 Å². The lowest BCUT2D eigenvalue weighted by atomic mass is 10.1. The first kappa shape index (κ1) is 13.1. The molecule has 0 bridgehead atoms. The predicted octanol–water partition coefficient (Wildman–Crippen LogP) is 2.69. The van der Waals surface area contributed by atoms with E-state index in [1.54, 1.807) is 0 Å². The Balaban J connectivity index is 2.51. The third-order valence-electron chi connectivity index (χ3n) is 1.93. The Bertz CT molecular complexity index is 438. The van der Waals surface area contributed by atoms with Crippen molar-refractivity contribution in [2.75, 3.05) is 0 Å². The zero-order valence-electron chi connectivity index (χ0n) is 10.4. The molecule has 0 radical (unpaired) electrons. The molecule has 0 aliphatic carbocycles. The summed E-state index contributed by atoms with van der Waals surface area (Å²) in [6, 6.07) is 7.47. The monoisotopic (exact) mass is 231 g/mol. The van der Waals surface area contributed by atoms with Crippen LogP contribution in [0.2, 0.25) is 0 Å². The number of alkyl carbamates (subject to hydrolysis) is 1. The van der Waals surface area contributed by atoms with Gasteiger partial charge in [-0.05, 0) is 38.5 Å². The third kappa shape index (κ3) is 5.07. The Morgan fingerprint density at radius 1 is 1.47 bits per heavy atom. The van der Waals surface area contributed by atoms with Crippen molar-refractivity contribution in [1.29, 1.82) is 0 Å². The van der Waals surface area contributed by atoms with Gasteiger partial charge in [-0.2, -0.15) is 0 Å². The number of ether oxygens (including phenoxy) is 1. The zero-order chi connectivity index (χ0) is 12.9. The highest BCUT2D eigenvalue weighted by molar-refractivity contribution is 5.67. The summed E-state index contributed by atoms with van der Waals surface area (Å²) in [7, 11) is 0. The van der Waals surface area contributed by atoms with Crippen molar-refractivity contribution >= 4 is 6.09 Å². The Morgan fingerprint density at radius 3 is 2.76 bits per heavy atom. The molecule has 0 saturated carbocycles. The van der Waals surface area contributed by atoms with Gasteiger partial charge in [0.05, 0.1) is 0 Å². The first-order valence-corrected chi connectivity index (χ1v) is 5.43. The van der Waals surface area contributed by atoms with E-state index in [4.69, 9.17) is 11.2 Å². The molecule has 0 atom stereocenters. The molecular weight excluding hydrogens is 214 g/mol. The van der Waals surface area contributed by atoms with Crippen LogP contribution in [-0.4, -0.2) is 11.7 Å². The molecule has 1 amide bonds. The van der Waals surface area contributed by atoms with Gasteiger partial charge in [0.25, 0.3) is 0 Å². The molecule has 3 heteroatoms. The minimum Gasteiger partial charge on any atom is -0.444 e. The molecular formula is C14H17NO2. The van der Waals surface area contributed by atoms with Crippen molar-refractivity contribution in [3.05, 3.63) is 35.4 Å². The van der Waals surface area contributed by atoms with Crippen molar-refractivity contribution in [1.82, 2.24) is 5.32 Å². The van der Waals surface area contributed by atoms with E-state index in [9.17, 15) is 4.79 Å². The van der Waals surface area contributed by atoms with Crippen molar-refractivity contribution in [3.63, 3.8) is 0 Å². The fraction of sp³-hybridized carbons (Fsp3) is 0.357. The summed E-state index contributed by atoms with van der Waals surface area (Å²) < 4.78 is 5.13. The lowest BCUT2D eigenvalue weighted by Gasteiger charge is -2.19.